The number of hydrogen-bond donors (Lipinski definition) is 0. The molecule has 0 aliphatic carbocycles. The van der Waals surface area contributed by atoms with E-state index in [9.17, 15) is 0 Å². The van der Waals surface area contributed by atoms with E-state index < -0.39 is 12.1 Å². The first-order valence-electron chi connectivity index (χ1n) is 4.03. The van der Waals surface area contributed by atoms with Gasteiger partial charge in [0.1, 0.15) is 6.10 Å². The normalized spacial score (nSPS) is 34.2. The second-order valence-electron chi connectivity index (χ2n) is 2.74. The highest BCUT2D eigenvalue weighted by Gasteiger charge is 2.63. The smallest absolute Gasteiger partial charge is 0.248 e. The molecule has 2 unspecified atom stereocenters. The molecule has 1 fully saturated rings. The first-order valence-corrected chi connectivity index (χ1v) is 4.03. The zero-order valence-corrected chi connectivity index (χ0v) is 7.99. The van der Waals surface area contributed by atoms with Gasteiger partial charge in [-0.05, 0) is 6.42 Å². The molecule has 4 heteroatoms. The van der Waals surface area contributed by atoms with Crippen molar-refractivity contribution < 1.29 is 18.9 Å². The third-order valence-corrected chi connectivity index (χ3v) is 2.16. The van der Waals surface area contributed by atoms with Crippen LogP contribution in [0.25, 0.3) is 0 Å². The van der Waals surface area contributed by atoms with Crippen LogP contribution in [-0.2, 0) is 18.9 Å². The fourth-order valence-corrected chi connectivity index (χ4v) is 1.46. The van der Waals surface area contributed by atoms with Crippen LogP contribution in [0.4, 0.5) is 0 Å². The van der Waals surface area contributed by atoms with E-state index in [0.717, 1.165) is 6.42 Å². The topological polar surface area (TPSA) is 40.2 Å². The minimum absolute atomic E-state index is 0.0902. The van der Waals surface area contributed by atoms with Crippen LogP contribution < -0.4 is 0 Å². The van der Waals surface area contributed by atoms with E-state index in [1.54, 1.807) is 21.3 Å². The molecule has 1 aliphatic rings. The maximum Gasteiger partial charge on any atom is 0.248 e. The van der Waals surface area contributed by atoms with Gasteiger partial charge in [-0.2, -0.15) is 0 Å². The first-order chi connectivity index (χ1) is 5.75. The molecule has 0 bridgehead atoms. The summed E-state index contributed by atoms with van der Waals surface area (Å²) in [5.74, 6) is -0.668. The van der Waals surface area contributed by atoms with Crippen molar-refractivity contribution >= 4 is 0 Å². The van der Waals surface area contributed by atoms with E-state index in [1.807, 2.05) is 6.92 Å². The lowest BCUT2D eigenvalue weighted by Gasteiger charge is -2.20. The Morgan fingerprint density at radius 1 is 1.33 bits per heavy atom. The number of hydrogen-bond acceptors (Lipinski definition) is 4. The largest absolute Gasteiger partial charge is 0.351 e. The summed E-state index contributed by atoms with van der Waals surface area (Å²) >= 11 is 0. The number of methoxy groups -OCH3 is 3. The Kier molecular flexibility index (Phi) is 3.06. The summed E-state index contributed by atoms with van der Waals surface area (Å²) in [6, 6.07) is 0. The number of ether oxygens (including phenoxy) is 4. The molecule has 0 aromatic carbocycles. The van der Waals surface area contributed by atoms with Crippen molar-refractivity contribution in [1.82, 2.24) is 0 Å². The van der Waals surface area contributed by atoms with E-state index >= 15 is 0 Å². The quantitative estimate of drug-likeness (QED) is 0.458. The lowest BCUT2D eigenvalue weighted by molar-refractivity contribution is -0.220. The molecule has 1 rings (SSSR count). The molecule has 0 amide bonds. The Morgan fingerprint density at radius 3 is 2.17 bits per heavy atom. The Morgan fingerprint density at radius 2 is 1.92 bits per heavy atom. The van der Waals surface area contributed by atoms with Gasteiger partial charge in [-0.25, -0.2) is 0 Å². The Balaban J connectivity index is 2.56. The van der Waals surface area contributed by atoms with Gasteiger partial charge in [0.15, 0.2) is 0 Å². The zero-order valence-electron chi connectivity index (χ0n) is 7.99. The van der Waals surface area contributed by atoms with Gasteiger partial charge < -0.3 is 18.9 Å². The molecule has 0 radical (unpaired) electrons. The summed E-state index contributed by atoms with van der Waals surface area (Å²) in [6.45, 7) is 2.04. The van der Waals surface area contributed by atoms with E-state index in [0.29, 0.717) is 0 Å². The summed E-state index contributed by atoms with van der Waals surface area (Å²) in [5.41, 5.74) is 0. The SMILES string of the molecule is CCC1OC1(OC)C(OC)OC. The van der Waals surface area contributed by atoms with Gasteiger partial charge in [-0.3, -0.25) is 0 Å². The highest BCUT2D eigenvalue weighted by atomic mass is 16.8. The van der Waals surface area contributed by atoms with Gasteiger partial charge in [0.2, 0.25) is 12.1 Å². The standard InChI is InChI=1S/C8H16O4/c1-5-6-8(11-4,12-6)7(9-2)10-3/h6-7H,5H2,1-4H3. The lowest BCUT2D eigenvalue weighted by Crippen LogP contribution is -2.37. The number of rotatable bonds is 5. The minimum Gasteiger partial charge on any atom is -0.351 e. The summed E-state index contributed by atoms with van der Waals surface area (Å²) in [5, 5.41) is 0. The molecule has 0 spiro atoms. The molecular formula is C8H16O4. The fourth-order valence-electron chi connectivity index (χ4n) is 1.46. The highest BCUT2D eigenvalue weighted by molar-refractivity contribution is 4.96. The molecule has 0 aromatic heterocycles. The second-order valence-corrected chi connectivity index (χ2v) is 2.74. The van der Waals surface area contributed by atoms with Crippen molar-refractivity contribution in [2.75, 3.05) is 21.3 Å². The van der Waals surface area contributed by atoms with Crippen LogP contribution in [0.2, 0.25) is 0 Å². The number of epoxide rings is 1. The van der Waals surface area contributed by atoms with Gasteiger partial charge in [0, 0.05) is 21.3 Å². The Labute approximate surface area is 72.7 Å². The van der Waals surface area contributed by atoms with Gasteiger partial charge >= 0.3 is 0 Å². The van der Waals surface area contributed by atoms with E-state index in [1.165, 1.54) is 0 Å². The third-order valence-electron chi connectivity index (χ3n) is 2.16. The van der Waals surface area contributed by atoms with Crippen LogP contribution in [0.15, 0.2) is 0 Å². The van der Waals surface area contributed by atoms with E-state index in [4.69, 9.17) is 18.9 Å². The van der Waals surface area contributed by atoms with Crippen LogP contribution in [-0.4, -0.2) is 39.5 Å². The minimum atomic E-state index is -0.668. The molecule has 12 heavy (non-hydrogen) atoms. The fraction of sp³-hybridized carbons (Fsp3) is 1.00. The molecule has 2 atom stereocenters. The summed E-state index contributed by atoms with van der Waals surface area (Å²) in [7, 11) is 4.74. The van der Waals surface area contributed by atoms with Crippen LogP contribution >= 0.6 is 0 Å². The Hall–Kier alpha value is -0.160. The van der Waals surface area contributed by atoms with E-state index in [2.05, 4.69) is 0 Å². The van der Waals surface area contributed by atoms with Crippen molar-refractivity contribution in [3.63, 3.8) is 0 Å². The summed E-state index contributed by atoms with van der Waals surface area (Å²) in [4.78, 5) is 0. The van der Waals surface area contributed by atoms with Crippen molar-refractivity contribution in [1.29, 1.82) is 0 Å². The predicted molar refractivity (Wildman–Crippen MR) is 42.7 cm³/mol. The van der Waals surface area contributed by atoms with Crippen molar-refractivity contribution in [3.8, 4) is 0 Å². The second kappa shape index (κ2) is 3.70. The molecule has 0 saturated carbocycles. The van der Waals surface area contributed by atoms with E-state index in [-0.39, 0.29) is 6.10 Å². The van der Waals surface area contributed by atoms with Crippen molar-refractivity contribution in [2.45, 2.75) is 31.5 Å². The molecule has 1 heterocycles. The maximum absolute atomic E-state index is 5.37. The average molecular weight is 176 g/mol. The predicted octanol–water partition coefficient (Wildman–Crippen LogP) is 0.757. The molecule has 0 aromatic rings. The molecule has 72 valence electrons. The average Bonchev–Trinajstić information content (AvgIpc) is 2.82. The zero-order chi connectivity index (χ0) is 9.19. The van der Waals surface area contributed by atoms with Gasteiger partial charge in [0.25, 0.3) is 0 Å². The van der Waals surface area contributed by atoms with Gasteiger partial charge in [-0.1, -0.05) is 6.92 Å². The van der Waals surface area contributed by atoms with Crippen molar-refractivity contribution in [3.05, 3.63) is 0 Å². The van der Waals surface area contributed by atoms with Gasteiger partial charge in [0.05, 0.1) is 0 Å². The molecule has 0 N–H and O–H groups in total. The van der Waals surface area contributed by atoms with Gasteiger partial charge in [-0.15, -0.1) is 0 Å². The van der Waals surface area contributed by atoms with Crippen LogP contribution in [0.1, 0.15) is 13.3 Å². The molecule has 1 saturated heterocycles. The van der Waals surface area contributed by atoms with Crippen LogP contribution in [0.5, 0.6) is 0 Å². The monoisotopic (exact) mass is 176 g/mol. The molecule has 1 aliphatic heterocycles. The summed E-state index contributed by atoms with van der Waals surface area (Å²) < 4.78 is 20.8. The van der Waals surface area contributed by atoms with Crippen LogP contribution in [0.3, 0.4) is 0 Å². The maximum atomic E-state index is 5.37. The summed E-state index contributed by atoms with van der Waals surface area (Å²) in [6.07, 6.45) is 0.552. The first kappa shape index (κ1) is 9.92. The van der Waals surface area contributed by atoms with Crippen LogP contribution in [0, 0.1) is 0 Å². The highest BCUT2D eigenvalue weighted by Crippen LogP contribution is 2.43. The Bertz CT molecular complexity index is 146. The molecular weight excluding hydrogens is 160 g/mol. The third kappa shape index (κ3) is 1.35. The van der Waals surface area contributed by atoms with Crippen molar-refractivity contribution in [2.24, 2.45) is 0 Å². The lowest BCUT2D eigenvalue weighted by atomic mass is 10.2. The molecule has 4 nitrogen and oxygen atoms in total.